The lowest BCUT2D eigenvalue weighted by molar-refractivity contribution is -0.123. The van der Waals surface area contributed by atoms with E-state index in [1.807, 2.05) is 0 Å². The van der Waals surface area contributed by atoms with E-state index < -0.39 is 0 Å². The molecule has 0 aromatic carbocycles. The number of hydrogen-bond donors (Lipinski definition) is 3. The fourth-order valence-corrected chi connectivity index (χ4v) is 3.46. The zero-order valence-corrected chi connectivity index (χ0v) is 11.9. The summed E-state index contributed by atoms with van der Waals surface area (Å²) in [7, 11) is 0. The minimum Gasteiger partial charge on any atom is -0.352 e. The van der Waals surface area contributed by atoms with Gasteiger partial charge in [-0.15, -0.1) is 0 Å². The fraction of sp³-hybridized carbons (Fsp3) is 0.933. The lowest BCUT2D eigenvalue weighted by atomic mass is 9.84. The number of amides is 1. The van der Waals surface area contributed by atoms with Gasteiger partial charge in [0.15, 0.2) is 0 Å². The van der Waals surface area contributed by atoms with Gasteiger partial charge < -0.3 is 16.8 Å². The molecular formula is C15H29N3O. The highest BCUT2D eigenvalue weighted by atomic mass is 16.2. The van der Waals surface area contributed by atoms with Gasteiger partial charge in [0.25, 0.3) is 0 Å². The summed E-state index contributed by atoms with van der Waals surface area (Å²) in [5.41, 5.74) is 11.9. The maximum absolute atomic E-state index is 12.1. The van der Waals surface area contributed by atoms with Crippen LogP contribution in [-0.2, 0) is 4.79 Å². The molecule has 2 aliphatic carbocycles. The van der Waals surface area contributed by atoms with Crippen molar-refractivity contribution in [1.29, 1.82) is 0 Å². The van der Waals surface area contributed by atoms with Crippen LogP contribution in [0.1, 0.15) is 64.2 Å². The average Bonchev–Trinajstić information content (AvgIpc) is 2.42. The zero-order chi connectivity index (χ0) is 13.7. The van der Waals surface area contributed by atoms with Crippen molar-refractivity contribution in [1.82, 2.24) is 5.32 Å². The van der Waals surface area contributed by atoms with Crippen molar-refractivity contribution in [2.75, 3.05) is 0 Å². The molecule has 4 heteroatoms. The number of rotatable bonds is 4. The Hall–Kier alpha value is -0.610. The molecule has 0 bridgehead atoms. The van der Waals surface area contributed by atoms with Crippen molar-refractivity contribution in [2.24, 2.45) is 17.4 Å². The molecular weight excluding hydrogens is 238 g/mol. The van der Waals surface area contributed by atoms with Gasteiger partial charge in [-0.1, -0.05) is 32.1 Å². The minimum absolute atomic E-state index is 0.0473. The SMILES string of the molecule is NC1CCC(NC(=O)C(N)CC2CCCCC2)CC1. The molecule has 0 spiro atoms. The number of carbonyl (C=O) groups excluding carboxylic acids is 1. The van der Waals surface area contributed by atoms with Crippen molar-refractivity contribution >= 4 is 5.91 Å². The molecule has 0 heterocycles. The van der Waals surface area contributed by atoms with Crippen LogP contribution in [0.2, 0.25) is 0 Å². The van der Waals surface area contributed by atoms with Gasteiger partial charge in [0.05, 0.1) is 6.04 Å². The normalized spacial score (nSPS) is 30.8. The topological polar surface area (TPSA) is 81.1 Å². The van der Waals surface area contributed by atoms with Crippen LogP contribution in [0.25, 0.3) is 0 Å². The van der Waals surface area contributed by atoms with E-state index in [2.05, 4.69) is 5.32 Å². The first-order valence-corrected chi connectivity index (χ1v) is 7.96. The standard InChI is InChI=1S/C15H29N3O/c16-12-6-8-13(9-7-12)18-15(19)14(17)10-11-4-2-1-3-5-11/h11-14H,1-10,16-17H2,(H,18,19). The molecule has 0 aromatic heterocycles. The molecule has 0 radical (unpaired) electrons. The highest BCUT2D eigenvalue weighted by molar-refractivity contribution is 5.81. The molecule has 4 nitrogen and oxygen atoms in total. The Balaban J connectivity index is 1.69. The van der Waals surface area contributed by atoms with Crippen LogP contribution < -0.4 is 16.8 Å². The molecule has 1 amide bonds. The number of hydrogen-bond acceptors (Lipinski definition) is 3. The second kappa shape index (κ2) is 7.25. The molecule has 0 aliphatic heterocycles. The third kappa shape index (κ3) is 4.77. The quantitative estimate of drug-likeness (QED) is 0.724. The Morgan fingerprint density at radius 1 is 1.05 bits per heavy atom. The molecule has 2 rings (SSSR count). The third-order valence-corrected chi connectivity index (χ3v) is 4.77. The van der Waals surface area contributed by atoms with E-state index in [1.54, 1.807) is 0 Å². The Morgan fingerprint density at radius 2 is 1.68 bits per heavy atom. The number of nitrogens with two attached hydrogens (primary N) is 2. The van der Waals surface area contributed by atoms with Gasteiger partial charge in [0.2, 0.25) is 5.91 Å². The monoisotopic (exact) mass is 267 g/mol. The predicted molar refractivity (Wildman–Crippen MR) is 77.5 cm³/mol. The van der Waals surface area contributed by atoms with Crippen molar-refractivity contribution in [3.05, 3.63) is 0 Å². The van der Waals surface area contributed by atoms with Gasteiger partial charge in [-0.3, -0.25) is 4.79 Å². The van der Waals surface area contributed by atoms with Gasteiger partial charge in [0, 0.05) is 12.1 Å². The Morgan fingerprint density at radius 3 is 2.32 bits per heavy atom. The van der Waals surface area contributed by atoms with Crippen LogP contribution in [0.5, 0.6) is 0 Å². The average molecular weight is 267 g/mol. The second-order valence-electron chi connectivity index (χ2n) is 6.47. The largest absolute Gasteiger partial charge is 0.352 e. The van der Waals surface area contributed by atoms with Crippen LogP contribution in [0.3, 0.4) is 0 Å². The van der Waals surface area contributed by atoms with Gasteiger partial charge in [-0.05, 0) is 38.0 Å². The van der Waals surface area contributed by atoms with Crippen LogP contribution in [0, 0.1) is 5.92 Å². The first-order valence-electron chi connectivity index (χ1n) is 7.96. The minimum atomic E-state index is -0.321. The molecule has 2 fully saturated rings. The number of carbonyl (C=O) groups is 1. The first kappa shape index (κ1) is 14.8. The fourth-order valence-electron chi connectivity index (χ4n) is 3.46. The van der Waals surface area contributed by atoms with Crippen LogP contribution >= 0.6 is 0 Å². The molecule has 0 aromatic rings. The zero-order valence-electron chi connectivity index (χ0n) is 11.9. The molecule has 5 N–H and O–H groups in total. The maximum Gasteiger partial charge on any atom is 0.237 e. The van der Waals surface area contributed by atoms with E-state index in [1.165, 1.54) is 32.1 Å². The Bertz CT molecular complexity index is 281. The van der Waals surface area contributed by atoms with E-state index in [-0.39, 0.29) is 11.9 Å². The summed E-state index contributed by atoms with van der Waals surface area (Å²) in [4.78, 5) is 12.1. The number of nitrogens with one attached hydrogen (secondary N) is 1. The maximum atomic E-state index is 12.1. The van der Waals surface area contributed by atoms with Gasteiger partial charge in [-0.2, -0.15) is 0 Å². The van der Waals surface area contributed by atoms with E-state index in [9.17, 15) is 4.79 Å². The van der Waals surface area contributed by atoms with E-state index in [0.717, 1.165) is 32.1 Å². The van der Waals surface area contributed by atoms with Crippen molar-refractivity contribution in [3.63, 3.8) is 0 Å². The van der Waals surface area contributed by atoms with E-state index in [4.69, 9.17) is 11.5 Å². The molecule has 2 aliphatic rings. The van der Waals surface area contributed by atoms with Crippen molar-refractivity contribution in [3.8, 4) is 0 Å². The Kier molecular flexibility index (Phi) is 5.64. The van der Waals surface area contributed by atoms with Crippen molar-refractivity contribution in [2.45, 2.75) is 82.3 Å². The molecule has 110 valence electrons. The molecule has 19 heavy (non-hydrogen) atoms. The van der Waals surface area contributed by atoms with E-state index >= 15 is 0 Å². The second-order valence-corrected chi connectivity index (χ2v) is 6.47. The van der Waals surface area contributed by atoms with Gasteiger partial charge in [-0.25, -0.2) is 0 Å². The van der Waals surface area contributed by atoms with Gasteiger partial charge in [0.1, 0.15) is 0 Å². The predicted octanol–water partition coefficient (Wildman–Crippen LogP) is 1.67. The summed E-state index contributed by atoms with van der Waals surface area (Å²) in [6.07, 6.45) is 11.4. The smallest absolute Gasteiger partial charge is 0.237 e. The van der Waals surface area contributed by atoms with Crippen molar-refractivity contribution < 1.29 is 4.79 Å². The highest BCUT2D eigenvalue weighted by Gasteiger charge is 2.25. The molecule has 1 atom stereocenters. The summed E-state index contributed by atoms with van der Waals surface area (Å²) in [5.74, 6) is 0.709. The summed E-state index contributed by atoms with van der Waals surface area (Å²) >= 11 is 0. The Labute approximate surface area is 116 Å². The first-order chi connectivity index (χ1) is 9.15. The van der Waals surface area contributed by atoms with E-state index in [0.29, 0.717) is 18.0 Å². The van der Waals surface area contributed by atoms with Crippen LogP contribution in [0.15, 0.2) is 0 Å². The van der Waals surface area contributed by atoms with Crippen LogP contribution in [-0.4, -0.2) is 24.0 Å². The third-order valence-electron chi connectivity index (χ3n) is 4.77. The molecule has 1 unspecified atom stereocenters. The summed E-state index contributed by atoms with van der Waals surface area (Å²) in [6, 6.07) is 0.299. The lowest BCUT2D eigenvalue weighted by Crippen LogP contribution is -2.48. The summed E-state index contributed by atoms with van der Waals surface area (Å²) in [5, 5.41) is 3.11. The summed E-state index contributed by atoms with van der Waals surface area (Å²) in [6.45, 7) is 0. The molecule has 2 saturated carbocycles. The highest BCUT2D eigenvalue weighted by Crippen LogP contribution is 2.27. The summed E-state index contributed by atoms with van der Waals surface area (Å²) < 4.78 is 0. The van der Waals surface area contributed by atoms with Crippen LogP contribution in [0.4, 0.5) is 0 Å². The van der Waals surface area contributed by atoms with Gasteiger partial charge >= 0.3 is 0 Å². The molecule has 0 saturated heterocycles. The lowest BCUT2D eigenvalue weighted by Gasteiger charge is -2.29.